The number of benzene rings is 2. The summed E-state index contributed by atoms with van der Waals surface area (Å²) in [6.45, 7) is 8.67. The Morgan fingerprint density at radius 2 is 1.69 bits per heavy atom. The van der Waals surface area contributed by atoms with Crippen LogP contribution in [0.1, 0.15) is 50.1 Å². The fourth-order valence-electron chi connectivity index (χ4n) is 3.27. The Morgan fingerprint density at radius 1 is 1.03 bits per heavy atom. The second kappa shape index (κ2) is 10.1. The van der Waals surface area contributed by atoms with E-state index in [1.54, 1.807) is 64.2 Å². The van der Waals surface area contributed by atoms with Crippen LogP contribution in [0.5, 0.6) is 0 Å². The van der Waals surface area contributed by atoms with Gasteiger partial charge in [0.25, 0.3) is 0 Å². The molecule has 0 aliphatic rings. The van der Waals surface area contributed by atoms with E-state index >= 15 is 0 Å². The first-order valence-corrected chi connectivity index (χ1v) is 13.2. The predicted molar refractivity (Wildman–Crippen MR) is 141 cm³/mol. The first-order chi connectivity index (χ1) is 16.2. The highest BCUT2D eigenvalue weighted by Gasteiger charge is 2.39. The molecule has 0 unspecified atom stereocenters. The Kier molecular flexibility index (Phi) is 7.72. The van der Waals surface area contributed by atoms with Gasteiger partial charge >= 0.3 is 7.12 Å². The molecular formula is C27H32BNO5S. The van der Waals surface area contributed by atoms with E-state index in [1.807, 2.05) is 43.3 Å². The zero-order chi connectivity index (χ0) is 26.0. The number of aryl methyl sites for hydroxylation is 1. The first-order valence-electron chi connectivity index (χ1n) is 11.3. The van der Waals surface area contributed by atoms with E-state index in [4.69, 9.17) is 4.65 Å². The van der Waals surface area contributed by atoms with Crippen molar-refractivity contribution in [3.05, 3.63) is 89.2 Å². The van der Waals surface area contributed by atoms with Crippen LogP contribution in [0.4, 0.5) is 0 Å². The lowest BCUT2D eigenvalue weighted by Crippen LogP contribution is -2.53. The van der Waals surface area contributed by atoms with Crippen LogP contribution >= 0.6 is 0 Å². The Morgan fingerprint density at radius 3 is 2.23 bits per heavy atom. The highest BCUT2D eigenvalue weighted by atomic mass is 32.2. The second-order valence-corrected chi connectivity index (χ2v) is 11.8. The predicted octanol–water partition coefficient (Wildman–Crippen LogP) is 3.64. The Bertz CT molecular complexity index is 1310. The minimum Gasteiger partial charge on any atom is -0.423 e. The number of aliphatic hydroxyl groups is 1. The van der Waals surface area contributed by atoms with Gasteiger partial charge in [-0.2, -0.15) is 0 Å². The van der Waals surface area contributed by atoms with Gasteiger partial charge in [-0.05, 0) is 81.0 Å². The molecule has 0 radical (unpaired) electrons. The minimum atomic E-state index is -3.31. The SMILES string of the molecule is Cc1ccc(/C(=C/c2cccc(B(O)OC(C)(C)C(C)(C)O)c2)c2ccc(S(C)(=O)=O)cc2)nc1. The van der Waals surface area contributed by atoms with Crippen molar-refractivity contribution in [3.63, 3.8) is 0 Å². The molecule has 0 fully saturated rings. The van der Waals surface area contributed by atoms with Gasteiger partial charge in [-0.3, -0.25) is 4.98 Å². The molecule has 2 N–H and O–H groups in total. The van der Waals surface area contributed by atoms with Crippen LogP contribution in [-0.2, 0) is 14.5 Å². The molecule has 1 aromatic heterocycles. The van der Waals surface area contributed by atoms with E-state index in [1.165, 1.54) is 6.26 Å². The number of rotatable bonds is 8. The quantitative estimate of drug-likeness (QED) is 0.368. The van der Waals surface area contributed by atoms with Gasteiger partial charge < -0.3 is 14.8 Å². The molecule has 2 aromatic carbocycles. The number of nitrogens with zero attached hydrogens (tertiary/aromatic N) is 1. The van der Waals surface area contributed by atoms with Crippen molar-refractivity contribution in [3.8, 4) is 0 Å². The topological polar surface area (TPSA) is 96.7 Å². The molecule has 0 aliphatic heterocycles. The lowest BCUT2D eigenvalue weighted by molar-refractivity contribution is -0.0982. The summed E-state index contributed by atoms with van der Waals surface area (Å²) in [4.78, 5) is 4.81. The van der Waals surface area contributed by atoms with Crippen LogP contribution in [0.25, 0.3) is 11.6 Å². The summed E-state index contributed by atoms with van der Waals surface area (Å²) in [5, 5.41) is 21.1. The van der Waals surface area contributed by atoms with Crippen molar-refractivity contribution in [1.82, 2.24) is 4.98 Å². The Hall–Kier alpha value is -2.78. The van der Waals surface area contributed by atoms with Gasteiger partial charge in [-0.15, -0.1) is 0 Å². The van der Waals surface area contributed by atoms with Gasteiger partial charge in [0.05, 0.1) is 21.8 Å². The van der Waals surface area contributed by atoms with E-state index in [0.29, 0.717) is 5.46 Å². The lowest BCUT2D eigenvalue weighted by atomic mass is 9.76. The van der Waals surface area contributed by atoms with Crippen molar-refractivity contribution < 1.29 is 23.2 Å². The largest absolute Gasteiger partial charge is 0.491 e. The summed E-state index contributed by atoms with van der Waals surface area (Å²) in [6.07, 6.45) is 4.89. The van der Waals surface area contributed by atoms with Crippen LogP contribution in [-0.4, -0.2) is 48.1 Å². The molecule has 3 aromatic rings. The molecule has 0 amide bonds. The van der Waals surface area contributed by atoms with Crippen LogP contribution in [0.3, 0.4) is 0 Å². The van der Waals surface area contributed by atoms with Crippen molar-refractivity contribution in [2.75, 3.05) is 6.26 Å². The van der Waals surface area contributed by atoms with E-state index in [0.717, 1.165) is 28.0 Å². The standard InChI is InChI=1S/C27H32BNO5S/c1-19-10-15-25(29-18-19)24(21-11-13-23(14-12-21)35(6,32)33)17-20-8-7-9-22(16-20)28(31)34-27(4,5)26(2,3)30/h7-18,30-31H,1-6H3/b24-17+. The summed E-state index contributed by atoms with van der Waals surface area (Å²) in [7, 11) is -4.55. The third kappa shape index (κ3) is 6.67. The Balaban J connectivity index is 2.03. The average Bonchev–Trinajstić information content (AvgIpc) is 2.77. The maximum absolute atomic E-state index is 11.9. The van der Waals surface area contributed by atoms with Crippen LogP contribution in [0, 0.1) is 6.92 Å². The zero-order valence-electron chi connectivity index (χ0n) is 21.0. The van der Waals surface area contributed by atoms with Crippen molar-refractivity contribution in [1.29, 1.82) is 0 Å². The summed E-state index contributed by atoms with van der Waals surface area (Å²) < 4.78 is 29.6. The fourth-order valence-corrected chi connectivity index (χ4v) is 3.90. The number of aromatic nitrogens is 1. The molecule has 0 bridgehead atoms. The number of pyridine rings is 1. The summed E-state index contributed by atoms with van der Waals surface area (Å²) in [5.41, 5.74) is 2.55. The summed E-state index contributed by atoms with van der Waals surface area (Å²) >= 11 is 0. The molecular weight excluding hydrogens is 461 g/mol. The molecule has 0 spiro atoms. The molecule has 1 heterocycles. The number of sulfone groups is 1. The molecule has 3 rings (SSSR count). The van der Waals surface area contributed by atoms with E-state index in [2.05, 4.69) is 4.98 Å². The normalized spacial score (nSPS) is 13.1. The van der Waals surface area contributed by atoms with Gasteiger partial charge in [0.2, 0.25) is 0 Å². The molecule has 184 valence electrons. The monoisotopic (exact) mass is 493 g/mol. The smallest absolute Gasteiger partial charge is 0.423 e. The molecule has 6 nitrogen and oxygen atoms in total. The van der Waals surface area contributed by atoms with E-state index in [-0.39, 0.29) is 4.90 Å². The minimum absolute atomic E-state index is 0.245. The average molecular weight is 493 g/mol. The van der Waals surface area contributed by atoms with Crippen molar-refractivity contribution >= 4 is 34.1 Å². The molecule has 8 heteroatoms. The third-order valence-corrected chi connectivity index (χ3v) is 7.30. The Labute approximate surface area is 208 Å². The lowest BCUT2D eigenvalue weighted by Gasteiger charge is -2.38. The number of hydrogen-bond donors (Lipinski definition) is 2. The maximum atomic E-state index is 11.9. The highest BCUT2D eigenvalue weighted by Crippen LogP contribution is 2.27. The number of hydrogen-bond acceptors (Lipinski definition) is 6. The molecule has 0 atom stereocenters. The second-order valence-electron chi connectivity index (χ2n) is 9.79. The maximum Gasteiger partial charge on any atom is 0.491 e. The van der Waals surface area contributed by atoms with E-state index in [9.17, 15) is 18.5 Å². The highest BCUT2D eigenvalue weighted by molar-refractivity contribution is 7.90. The van der Waals surface area contributed by atoms with Gasteiger partial charge in [-0.25, -0.2) is 8.42 Å². The van der Waals surface area contributed by atoms with Gasteiger partial charge in [0.1, 0.15) is 0 Å². The summed E-state index contributed by atoms with van der Waals surface area (Å²) in [6, 6.07) is 17.9. The third-order valence-electron chi connectivity index (χ3n) is 6.17. The molecule has 0 saturated heterocycles. The summed E-state index contributed by atoms with van der Waals surface area (Å²) in [5.74, 6) is 0. The zero-order valence-corrected chi connectivity index (χ0v) is 21.8. The van der Waals surface area contributed by atoms with Gasteiger partial charge in [-0.1, -0.05) is 42.5 Å². The molecule has 0 aliphatic carbocycles. The van der Waals surface area contributed by atoms with Crippen molar-refractivity contribution in [2.24, 2.45) is 0 Å². The van der Waals surface area contributed by atoms with Crippen LogP contribution < -0.4 is 5.46 Å². The van der Waals surface area contributed by atoms with Crippen LogP contribution in [0.2, 0.25) is 0 Å². The van der Waals surface area contributed by atoms with Gasteiger partial charge in [0.15, 0.2) is 9.84 Å². The fraction of sp³-hybridized carbons (Fsp3) is 0.296. The van der Waals surface area contributed by atoms with Crippen LogP contribution in [0.15, 0.2) is 71.8 Å². The van der Waals surface area contributed by atoms with E-state index < -0.39 is 28.2 Å². The first kappa shape index (κ1) is 26.8. The van der Waals surface area contributed by atoms with Crippen molar-refractivity contribution in [2.45, 2.75) is 50.7 Å². The molecule has 0 saturated carbocycles. The molecule has 35 heavy (non-hydrogen) atoms. The van der Waals surface area contributed by atoms with Gasteiger partial charge in [0, 0.05) is 18.0 Å².